The Hall–Kier alpha value is -3.06. The number of aryl methyl sites for hydroxylation is 1. The summed E-state index contributed by atoms with van der Waals surface area (Å²) in [5, 5.41) is 17.2. The molecule has 1 aliphatic heterocycles. The molecule has 0 saturated carbocycles. The van der Waals surface area contributed by atoms with Gasteiger partial charge in [-0.15, -0.1) is 0 Å². The summed E-state index contributed by atoms with van der Waals surface area (Å²) in [6, 6.07) is 18.1. The lowest BCUT2D eigenvalue weighted by molar-refractivity contribution is 0.882. The third-order valence-corrected chi connectivity index (χ3v) is 4.18. The van der Waals surface area contributed by atoms with Crippen molar-refractivity contribution in [1.29, 1.82) is 5.26 Å². The van der Waals surface area contributed by atoms with Crippen LogP contribution in [0.1, 0.15) is 16.7 Å². The highest BCUT2D eigenvalue weighted by molar-refractivity contribution is 5.73. The summed E-state index contributed by atoms with van der Waals surface area (Å²) in [4.78, 5) is 0. The van der Waals surface area contributed by atoms with E-state index in [1.807, 2.05) is 28.9 Å². The molecule has 1 aromatic heterocycles. The first-order chi connectivity index (χ1) is 11.3. The van der Waals surface area contributed by atoms with Crippen LogP contribution in [0.15, 0.2) is 48.5 Å². The molecule has 0 amide bonds. The monoisotopic (exact) mass is 300 g/mol. The van der Waals surface area contributed by atoms with Crippen molar-refractivity contribution in [2.75, 3.05) is 11.9 Å². The molecular formula is C19H16N4. The fourth-order valence-electron chi connectivity index (χ4n) is 3.06. The molecule has 0 radical (unpaired) electrons. The highest BCUT2D eigenvalue weighted by atomic mass is 15.3. The lowest BCUT2D eigenvalue weighted by atomic mass is 10.0. The lowest BCUT2D eigenvalue weighted by Gasteiger charge is -2.06. The van der Waals surface area contributed by atoms with E-state index in [1.165, 1.54) is 11.1 Å². The van der Waals surface area contributed by atoms with Gasteiger partial charge in [0.2, 0.25) is 0 Å². The van der Waals surface area contributed by atoms with Crippen LogP contribution in [0.5, 0.6) is 0 Å². The highest BCUT2D eigenvalue weighted by Gasteiger charge is 2.23. The number of nitrogens with zero attached hydrogens (tertiary/aromatic N) is 3. The topological polar surface area (TPSA) is 53.6 Å². The number of nitriles is 1. The summed E-state index contributed by atoms with van der Waals surface area (Å²) in [5.41, 5.74) is 6.31. The maximum absolute atomic E-state index is 8.95. The summed E-state index contributed by atoms with van der Waals surface area (Å²) in [7, 11) is 0. The summed E-state index contributed by atoms with van der Waals surface area (Å²) >= 11 is 0. The standard InChI is InChI=1S/C19H16N4/c1-13-3-2-4-15(11-13)18-17-9-10-21-19(17)23(22-18)16-7-5-14(12-20)6-8-16/h2-8,11,21H,9-10H2,1H3. The third kappa shape index (κ3) is 2.27. The molecule has 0 saturated heterocycles. The van der Waals surface area contributed by atoms with E-state index < -0.39 is 0 Å². The molecular weight excluding hydrogens is 284 g/mol. The first kappa shape index (κ1) is 13.6. The van der Waals surface area contributed by atoms with Crippen molar-refractivity contribution >= 4 is 5.82 Å². The van der Waals surface area contributed by atoms with Crippen LogP contribution < -0.4 is 5.32 Å². The molecule has 0 fully saturated rings. The lowest BCUT2D eigenvalue weighted by Crippen LogP contribution is -2.04. The van der Waals surface area contributed by atoms with Gasteiger partial charge in [-0.1, -0.05) is 23.8 Å². The largest absolute Gasteiger partial charge is 0.369 e. The number of hydrogen-bond donors (Lipinski definition) is 1. The van der Waals surface area contributed by atoms with Gasteiger partial charge in [-0.05, 0) is 43.7 Å². The van der Waals surface area contributed by atoms with E-state index in [2.05, 4.69) is 42.6 Å². The van der Waals surface area contributed by atoms with E-state index in [9.17, 15) is 0 Å². The molecule has 3 aromatic rings. The zero-order valence-corrected chi connectivity index (χ0v) is 12.9. The van der Waals surface area contributed by atoms with Gasteiger partial charge in [-0.2, -0.15) is 10.4 Å². The fraction of sp³-hybridized carbons (Fsp3) is 0.158. The van der Waals surface area contributed by atoms with Crippen molar-refractivity contribution in [3.05, 3.63) is 65.2 Å². The molecule has 1 aliphatic rings. The Morgan fingerprint density at radius 2 is 2.00 bits per heavy atom. The number of nitrogens with one attached hydrogen (secondary N) is 1. The summed E-state index contributed by atoms with van der Waals surface area (Å²) in [6.45, 7) is 3.03. The quantitative estimate of drug-likeness (QED) is 0.785. The minimum absolute atomic E-state index is 0.657. The molecule has 0 aliphatic carbocycles. The van der Waals surface area contributed by atoms with E-state index in [-0.39, 0.29) is 0 Å². The molecule has 0 bridgehead atoms. The molecule has 0 atom stereocenters. The SMILES string of the molecule is Cc1cccc(-c2nn(-c3ccc(C#N)cc3)c3c2CCN3)c1. The second-order valence-corrected chi connectivity index (χ2v) is 5.79. The predicted molar refractivity (Wildman–Crippen MR) is 90.6 cm³/mol. The minimum Gasteiger partial charge on any atom is -0.369 e. The number of benzene rings is 2. The Morgan fingerprint density at radius 1 is 1.17 bits per heavy atom. The second kappa shape index (κ2) is 5.29. The zero-order chi connectivity index (χ0) is 15.8. The fourth-order valence-corrected chi connectivity index (χ4v) is 3.06. The minimum atomic E-state index is 0.657. The maximum atomic E-state index is 8.95. The van der Waals surface area contributed by atoms with E-state index in [4.69, 9.17) is 10.4 Å². The van der Waals surface area contributed by atoms with Crippen LogP contribution in [0.3, 0.4) is 0 Å². The second-order valence-electron chi connectivity index (χ2n) is 5.79. The third-order valence-electron chi connectivity index (χ3n) is 4.18. The van der Waals surface area contributed by atoms with Gasteiger partial charge in [0.1, 0.15) is 5.82 Å². The van der Waals surface area contributed by atoms with Crippen molar-refractivity contribution in [3.63, 3.8) is 0 Å². The summed E-state index contributed by atoms with van der Waals surface area (Å²) in [5.74, 6) is 1.06. The molecule has 1 N–H and O–H groups in total. The van der Waals surface area contributed by atoms with Crippen LogP contribution in [0.2, 0.25) is 0 Å². The Morgan fingerprint density at radius 3 is 2.74 bits per heavy atom. The predicted octanol–water partition coefficient (Wildman–Crippen LogP) is 3.69. The van der Waals surface area contributed by atoms with Crippen LogP contribution in [0.4, 0.5) is 5.82 Å². The Bertz CT molecular complexity index is 914. The number of rotatable bonds is 2. The molecule has 23 heavy (non-hydrogen) atoms. The van der Waals surface area contributed by atoms with Gasteiger partial charge in [-0.25, -0.2) is 4.68 Å². The molecule has 0 spiro atoms. The van der Waals surface area contributed by atoms with Crippen LogP contribution in [-0.2, 0) is 6.42 Å². The summed E-state index contributed by atoms with van der Waals surface area (Å²) in [6.07, 6.45) is 0.981. The van der Waals surface area contributed by atoms with Gasteiger partial charge in [0.15, 0.2) is 0 Å². The van der Waals surface area contributed by atoms with Gasteiger partial charge in [0, 0.05) is 17.7 Å². The van der Waals surface area contributed by atoms with E-state index in [0.29, 0.717) is 5.56 Å². The molecule has 4 rings (SSSR count). The van der Waals surface area contributed by atoms with Crippen molar-refractivity contribution in [1.82, 2.24) is 9.78 Å². The molecule has 2 heterocycles. The molecule has 112 valence electrons. The zero-order valence-electron chi connectivity index (χ0n) is 12.9. The Labute approximate surface area is 135 Å². The number of anilines is 1. The van der Waals surface area contributed by atoms with E-state index in [1.54, 1.807) is 0 Å². The van der Waals surface area contributed by atoms with Crippen LogP contribution in [0.25, 0.3) is 16.9 Å². The molecule has 4 heteroatoms. The van der Waals surface area contributed by atoms with Gasteiger partial charge < -0.3 is 5.32 Å². The Balaban J connectivity index is 1.86. The van der Waals surface area contributed by atoms with Gasteiger partial charge in [-0.3, -0.25) is 0 Å². The first-order valence-electron chi connectivity index (χ1n) is 7.69. The molecule has 2 aromatic carbocycles. The maximum Gasteiger partial charge on any atom is 0.133 e. The van der Waals surface area contributed by atoms with Gasteiger partial charge in [0.25, 0.3) is 0 Å². The van der Waals surface area contributed by atoms with Crippen LogP contribution in [0, 0.1) is 18.3 Å². The number of fused-ring (bicyclic) bond motifs is 1. The van der Waals surface area contributed by atoms with Crippen molar-refractivity contribution in [2.24, 2.45) is 0 Å². The Kier molecular flexibility index (Phi) is 3.13. The van der Waals surface area contributed by atoms with Crippen molar-refractivity contribution < 1.29 is 0 Å². The molecule has 4 nitrogen and oxygen atoms in total. The van der Waals surface area contributed by atoms with Gasteiger partial charge in [0.05, 0.1) is 23.0 Å². The van der Waals surface area contributed by atoms with Crippen LogP contribution >= 0.6 is 0 Å². The average molecular weight is 300 g/mol. The molecule has 0 unspecified atom stereocenters. The first-order valence-corrected chi connectivity index (χ1v) is 7.69. The average Bonchev–Trinajstić information content (AvgIpc) is 3.17. The van der Waals surface area contributed by atoms with E-state index in [0.717, 1.165) is 35.7 Å². The number of aromatic nitrogens is 2. The highest BCUT2D eigenvalue weighted by Crippen LogP contribution is 2.34. The van der Waals surface area contributed by atoms with Crippen molar-refractivity contribution in [3.8, 4) is 23.0 Å². The van der Waals surface area contributed by atoms with Crippen molar-refractivity contribution in [2.45, 2.75) is 13.3 Å². The van der Waals surface area contributed by atoms with Crippen LogP contribution in [-0.4, -0.2) is 16.3 Å². The normalized spacial score (nSPS) is 12.5. The van der Waals surface area contributed by atoms with E-state index >= 15 is 0 Å². The summed E-state index contributed by atoms with van der Waals surface area (Å²) < 4.78 is 1.95. The smallest absolute Gasteiger partial charge is 0.133 e. The van der Waals surface area contributed by atoms with Gasteiger partial charge >= 0.3 is 0 Å². The number of hydrogen-bond acceptors (Lipinski definition) is 3.